The van der Waals surface area contributed by atoms with Crippen LogP contribution in [0.1, 0.15) is 26.4 Å². The Balaban J connectivity index is 1.77. The van der Waals surface area contributed by atoms with Crippen molar-refractivity contribution in [2.75, 3.05) is 6.54 Å². The number of hydrogen-bond donors (Lipinski definition) is 0. The highest BCUT2D eigenvalue weighted by atomic mass is 35.5. The van der Waals surface area contributed by atoms with Crippen LogP contribution in [0, 0.1) is 0 Å². The fourth-order valence-electron chi connectivity index (χ4n) is 2.07. The molecule has 0 saturated heterocycles. The quantitative estimate of drug-likeness (QED) is 0.806. The summed E-state index contributed by atoms with van der Waals surface area (Å²) in [6.07, 6.45) is 0.418. The van der Waals surface area contributed by atoms with Crippen molar-refractivity contribution in [1.29, 1.82) is 0 Å². The molecule has 1 aromatic carbocycles. The summed E-state index contributed by atoms with van der Waals surface area (Å²) in [5.41, 5.74) is 1.51. The average molecular weight is 277 g/mol. The van der Waals surface area contributed by atoms with Gasteiger partial charge in [0.2, 0.25) is 5.22 Å². The third kappa shape index (κ3) is 2.02. The molecule has 0 unspecified atom stereocenters. The molecule has 1 aliphatic heterocycles. The van der Waals surface area contributed by atoms with Gasteiger partial charge in [0.05, 0.1) is 16.8 Å². The van der Waals surface area contributed by atoms with E-state index in [0.717, 1.165) is 0 Å². The summed E-state index contributed by atoms with van der Waals surface area (Å²) in [6, 6.07) is 8.36. The largest absolute Gasteiger partial charge is 0.344 e. The van der Waals surface area contributed by atoms with Gasteiger partial charge in [-0.2, -0.15) is 0 Å². The molecule has 19 heavy (non-hydrogen) atoms. The number of carbonyl (C=O) groups is 2. The molecule has 0 aliphatic carbocycles. The molecule has 3 rings (SSSR count). The highest BCUT2D eigenvalue weighted by Crippen LogP contribution is 2.22. The van der Waals surface area contributed by atoms with Gasteiger partial charge in [-0.25, -0.2) is 0 Å². The van der Waals surface area contributed by atoms with E-state index in [1.165, 1.54) is 4.90 Å². The number of amides is 2. The van der Waals surface area contributed by atoms with Crippen LogP contribution in [0.5, 0.6) is 0 Å². The predicted molar refractivity (Wildman–Crippen MR) is 67.0 cm³/mol. The molecule has 96 valence electrons. The smallest absolute Gasteiger partial charge is 0.261 e. The maximum atomic E-state index is 12.1. The van der Waals surface area contributed by atoms with Crippen molar-refractivity contribution in [3.8, 4) is 0 Å². The van der Waals surface area contributed by atoms with E-state index in [0.29, 0.717) is 23.2 Å². The van der Waals surface area contributed by atoms with E-state index < -0.39 is 0 Å². The first kappa shape index (κ1) is 11.9. The summed E-state index contributed by atoms with van der Waals surface area (Å²) in [5, 5.41) is 3.91. The molecule has 0 bridgehead atoms. The van der Waals surface area contributed by atoms with Crippen molar-refractivity contribution in [1.82, 2.24) is 10.1 Å². The van der Waals surface area contributed by atoms with Crippen LogP contribution in [-0.2, 0) is 6.42 Å². The number of nitrogens with zero attached hydrogens (tertiary/aromatic N) is 2. The van der Waals surface area contributed by atoms with E-state index in [2.05, 4.69) is 5.16 Å². The zero-order chi connectivity index (χ0) is 13.4. The van der Waals surface area contributed by atoms with E-state index in [4.69, 9.17) is 16.1 Å². The lowest BCUT2D eigenvalue weighted by Gasteiger charge is -2.12. The number of rotatable bonds is 3. The molecule has 2 aromatic rings. The lowest BCUT2D eigenvalue weighted by Crippen LogP contribution is -2.31. The Morgan fingerprint density at radius 1 is 1.16 bits per heavy atom. The van der Waals surface area contributed by atoms with Crippen LogP contribution in [0.3, 0.4) is 0 Å². The minimum atomic E-state index is -0.268. The van der Waals surface area contributed by atoms with Gasteiger partial charge in [-0.3, -0.25) is 14.5 Å². The summed E-state index contributed by atoms with van der Waals surface area (Å²) >= 11 is 5.61. The molecule has 2 amide bonds. The fourth-order valence-corrected chi connectivity index (χ4v) is 2.23. The second kappa shape index (κ2) is 4.51. The van der Waals surface area contributed by atoms with Crippen molar-refractivity contribution in [3.05, 3.63) is 52.4 Å². The van der Waals surface area contributed by atoms with Gasteiger partial charge in [0, 0.05) is 19.0 Å². The van der Waals surface area contributed by atoms with Gasteiger partial charge in [0.1, 0.15) is 0 Å². The van der Waals surface area contributed by atoms with E-state index in [1.54, 1.807) is 30.3 Å². The number of halogens is 1. The molecule has 0 spiro atoms. The SMILES string of the molecule is O=C1c2ccccc2C(=O)N1CCc1cc(Cl)on1. The second-order valence-corrected chi connectivity index (χ2v) is 4.55. The van der Waals surface area contributed by atoms with Crippen molar-refractivity contribution >= 4 is 23.4 Å². The Morgan fingerprint density at radius 3 is 2.32 bits per heavy atom. The van der Waals surface area contributed by atoms with Gasteiger partial charge >= 0.3 is 0 Å². The summed E-state index contributed by atoms with van der Waals surface area (Å²) in [6.45, 7) is 0.259. The van der Waals surface area contributed by atoms with E-state index in [-0.39, 0.29) is 23.6 Å². The van der Waals surface area contributed by atoms with Gasteiger partial charge in [-0.1, -0.05) is 17.3 Å². The summed E-state index contributed by atoms with van der Waals surface area (Å²) in [7, 11) is 0. The van der Waals surface area contributed by atoms with Crippen molar-refractivity contribution in [2.24, 2.45) is 0 Å². The molecule has 1 aliphatic rings. The van der Waals surface area contributed by atoms with Crippen molar-refractivity contribution < 1.29 is 14.1 Å². The molecule has 0 radical (unpaired) electrons. The standard InChI is InChI=1S/C13H9ClN2O3/c14-11-7-8(15-19-11)5-6-16-12(17)9-3-1-2-4-10(9)13(16)18/h1-4,7H,5-6H2. The first-order chi connectivity index (χ1) is 9.16. The fraction of sp³-hybridized carbons (Fsp3) is 0.154. The first-order valence-corrected chi connectivity index (χ1v) is 6.11. The Bertz CT molecular complexity index is 630. The summed E-state index contributed by atoms with van der Waals surface area (Å²) < 4.78 is 4.72. The monoisotopic (exact) mass is 276 g/mol. The van der Waals surface area contributed by atoms with Crippen LogP contribution >= 0.6 is 11.6 Å². The predicted octanol–water partition coefficient (Wildman–Crippen LogP) is 2.17. The van der Waals surface area contributed by atoms with Crippen LogP contribution < -0.4 is 0 Å². The van der Waals surface area contributed by atoms with Gasteiger partial charge in [0.15, 0.2) is 0 Å². The van der Waals surface area contributed by atoms with E-state index >= 15 is 0 Å². The number of aromatic nitrogens is 1. The van der Waals surface area contributed by atoms with Gasteiger partial charge in [-0.05, 0) is 23.7 Å². The Labute approximate surface area is 113 Å². The zero-order valence-electron chi connectivity index (χ0n) is 9.80. The average Bonchev–Trinajstić information content (AvgIpc) is 2.93. The topological polar surface area (TPSA) is 63.4 Å². The minimum absolute atomic E-state index is 0.192. The van der Waals surface area contributed by atoms with Crippen LogP contribution in [0.15, 0.2) is 34.9 Å². The Hall–Kier alpha value is -2.14. The molecular formula is C13H9ClN2O3. The minimum Gasteiger partial charge on any atom is -0.344 e. The molecule has 5 nitrogen and oxygen atoms in total. The van der Waals surface area contributed by atoms with E-state index in [1.807, 2.05) is 0 Å². The number of benzene rings is 1. The zero-order valence-corrected chi connectivity index (χ0v) is 10.6. The number of imide groups is 1. The first-order valence-electron chi connectivity index (χ1n) is 5.73. The van der Waals surface area contributed by atoms with Crippen LogP contribution in [0.4, 0.5) is 0 Å². The van der Waals surface area contributed by atoms with Crippen LogP contribution in [0.25, 0.3) is 0 Å². The van der Waals surface area contributed by atoms with Crippen LogP contribution in [-0.4, -0.2) is 28.4 Å². The van der Waals surface area contributed by atoms with E-state index in [9.17, 15) is 9.59 Å². The summed E-state index contributed by atoms with van der Waals surface area (Å²) in [5.74, 6) is -0.537. The van der Waals surface area contributed by atoms with Crippen molar-refractivity contribution in [3.63, 3.8) is 0 Å². The molecule has 0 atom stereocenters. The molecule has 0 fully saturated rings. The summed E-state index contributed by atoms with van der Waals surface area (Å²) in [4.78, 5) is 25.4. The maximum absolute atomic E-state index is 12.1. The third-order valence-electron chi connectivity index (χ3n) is 3.00. The second-order valence-electron chi connectivity index (χ2n) is 4.18. The molecule has 6 heteroatoms. The molecule has 0 N–H and O–H groups in total. The van der Waals surface area contributed by atoms with Gasteiger partial charge < -0.3 is 4.52 Å². The Morgan fingerprint density at radius 2 is 1.79 bits per heavy atom. The van der Waals surface area contributed by atoms with Crippen molar-refractivity contribution in [2.45, 2.75) is 6.42 Å². The lowest BCUT2D eigenvalue weighted by molar-refractivity contribution is 0.0655. The molecule has 1 aromatic heterocycles. The molecular weight excluding hydrogens is 268 g/mol. The maximum Gasteiger partial charge on any atom is 0.261 e. The lowest BCUT2D eigenvalue weighted by atomic mass is 10.1. The third-order valence-corrected chi connectivity index (χ3v) is 3.18. The normalized spacial score (nSPS) is 14.1. The Kier molecular flexibility index (Phi) is 2.83. The van der Waals surface area contributed by atoms with Gasteiger partial charge in [0.25, 0.3) is 11.8 Å². The highest BCUT2D eigenvalue weighted by Gasteiger charge is 2.34. The number of carbonyl (C=O) groups excluding carboxylic acids is 2. The molecule has 0 saturated carbocycles. The van der Waals surface area contributed by atoms with Crippen LogP contribution in [0.2, 0.25) is 5.22 Å². The number of fused-ring (bicyclic) bond motifs is 1. The van der Waals surface area contributed by atoms with Gasteiger partial charge in [-0.15, -0.1) is 0 Å². The molecule has 2 heterocycles. The highest BCUT2D eigenvalue weighted by molar-refractivity contribution is 6.28. The number of hydrogen-bond acceptors (Lipinski definition) is 4.